The molecule has 164 valence electrons. The van der Waals surface area contributed by atoms with Crippen LogP contribution in [-0.4, -0.2) is 48.1 Å². The lowest BCUT2D eigenvalue weighted by Crippen LogP contribution is -2.53. The van der Waals surface area contributed by atoms with Gasteiger partial charge < -0.3 is 16.2 Å². The number of benzene rings is 2. The molecule has 1 atom stereocenters. The number of nitriles is 2. The second-order valence-electron chi connectivity index (χ2n) is 7.51. The molecule has 1 heterocycles. The molecule has 9 heteroatoms. The first kappa shape index (κ1) is 22.9. The molecule has 2 aromatic rings. The Morgan fingerprint density at radius 2 is 1.84 bits per heavy atom. The summed E-state index contributed by atoms with van der Waals surface area (Å²) >= 11 is 0. The molecule has 0 spiro atoms. The van der Waals surface area contributed by atoms with Crippen LogP contribution in [0.5, 0.6) is 0 Å². The van der Waals surface area contributed by atoms with Gasteiger partial charge in [-0.25, -0.2) is 4.39 Å². The molecule has 0 aliphatic carbocycles. The van der Waals surface area contributed by atoms with E-state index >= 15 is 4.39 Å². The molecule has 3 rings (SSSR count). The van der Waals surface area contributed by atoms with Crippen LogP contribution in [0.25, 0.3) is 11.1 Å². The van der Waals surface area contributed by atoms with E-state index in [1.54, 1.807) is 30.3 Å². The number of carbonyl (C=O) groups is 2. The highest BCUT2D eigenvalue weighted by Gasteiger charge is 2.42. The molecular formula is C23H22FN5O3. The molecule has 0 aromatic heterocycles. The fourth-order valence-electron chi connectivity index (χ4n) is 3.85. The molecule has 0 radical (unpaired) electrons. The number of hydrogen-bond donors (Lipinski definition) is 2. The van der Waals surface area contributed by atoms with Crippen molar-refractivity contribution in [3.63, 3.8) is 0 Å². The van der Waals surface area contributed by atoms with Crippen LogP contribution in [0.15, 0.2) is 42.5 Å². The third kappa shape index (κ3) is 4.45. The standard InChI is InChI=1S/C23H22FN5O3/c24-20-17(15-5-2-1-3-6-15)8-7-16(19(20)22(28)31)11-23(13-25,14-26)29-9-4-10-32-18(12-29)21(27)30/h1-3,5-8,18H,4,9-12H2,(H2,27,30)(H2,28,31)/t18-/m0/s1. The van der Waals surface area contributed by atoms with Gasteiger partial charge in [0.2, 0.25) is 11.4 Å². The van der Waals surface area contributed by atoms with Crippen molar-refractivity contribution in [2.75, 3.05) is 19.7 Å². The van der Waals surface area contributed by atoms with E-state index in [0.717, 1.165) is 0 Å². The van der Waals surface area contributed by atoms with Gasteiger partial charge in [-0.15, -0.1) is 0 Å². The summed E-state index contributed by atoms with van der Waals surface area (Å²) in [5.41, 5.74) is 9.55. The van der Waals surface area contributed by atoms with Gasteiger partial charge in [0.1, 0.15) is 24.1 Å². The van der Waals surface area contributed by atoms with Crippen molar-refractivity contribution in [2.24, 2.45) is 11.5 Å². The highest BCUT2D eigenvalue weighted by atomic mass is 19.1. The van der Waals surface area contributed by atoms with Crippen LogP contribution in [-0.2, 0) is 16.0 Å². The first-order valence-corrected chi connectivity index (χ1v) is 9.98. The van der Waals surface area contributed by atoms with E-state index < -0.39 is 29.3 Å². The smallest absolute Gasteiger partial charge is 0.251 e. The summed E-state index contributed by atoms with van der Waals surface area (Å²) in [6.07, 6.45) is -0.833. The quantitative estimate of drug-likeness (QED) is 0.703. The third-order valence-electron chi connectivity index (χ3n) is 5.51. The summed E-state index contributed by atoms with van der Waals surface area (Å²) in [7, 11) is 0. The van der Waals surface area contributed by atoms with Crippen molar-refractivity contribution < 1.29 is 18.7 Å². The molecule has 0 bridgehead atoms. The van der Waals surface area contributed by atoms with Crippen molar-refractivity contribution in [3.8, 4) is 23.3 Å². The van der Waals surface area contributed by atoms with Crippen molar-refractivity contribution in [1.29, 1.82) is 10.5 Å². The summed E-state index contributed by atoms with van der Waals surface area (Å²) in [6, 6.07) is 15.6. The number of rotatable bonds is 6. The molecule has 32 heavy (non-hydrogen) atoms. The lowest BCUT2D eigenvalue weighted by atomic mass is 9.87. The van der Waals surface area contributed by atoms with Crippen LogP contribution in [0.1, 0.15) is 22.3 Å². The third-order valence-corrected chi connectivity index (χ3v) is 5.51. The summed E-state index contributed by atoms with van der Waals surface area (Å²) in [4.78, 5) is 25.3. The van der Waals surface area contributed by atoms with Gasteiger partial charge in [-0.1, -0.05) is 42.5 Å². The molecular weight excluding hydrogens is 413 g/mol. The first-order chi connectivity index (χ1) is 15.3. The number of nitrogens with zero attached hydrogens (tertiary/aromatic N) is 3. The summed E-state index contributed by atoms with van der Waals surface area (Å²) in [5, 5.41) is 19.9. The monoisotopic (exact) mass is 435 g/mol. The van der Waals surface area contributed by atoms with E-state index in [4.69, 9.17) is 16.2 Å². The van der Waals surface area contributed by atoms with E-state index in [1.165, 1.54) is 17.0 Å². The Labute approximate surface area is 184 Å². The Morgan fingerprint density at radius 3 is 2.44 bits per heavy atom. The summed E-state index contributed by atoms with van der Waals surface area (Å²) in [5.74, 6) is -2.53. The number of hydrogen-bond acceptors (Lipinski definition) is 6. The minimum Gasteiger partial charge on any atom is -0.367 e. The van der Waals surface area contributed by atoms with Gasteiger partial charge in [0.15, 0.2) is 0 Å². The maximum absolute atomic E-state index is 15.4. The minimum atomic E-state index is -1.79. The Bertz CT molecular complexity index is 1090. The number of ether oxygens (including phenoxy) is 1. The average molecular weight is 435 g/mol. The van der Waals surface area contributed by atoms with Crippen molar-refractivity contribution in [3.05, 3.63) is 59.4 Å². The van der Waals surface area contributed by atoms with Crippen molar-refractivity contribution >= 4 is 11.8 Å². The van der Waals surface area contributed by atoms with E-state index in [-0.39, 0.29) is 42.8 Å². The SMILES string of the molecule is N#CC(C#N)(Cc1ccc(-c2ccccc2)c(F)c1C(N)=O)N1CCCO[C@H](C(N)=O)C1. The molecule has 2 amide bonds. The Morgan fingerprint density at radius 1 is 1.16 bits per heavy atom. The van der Waals surface area contributed by atoms with Gasteiger partial charge in [0.05, 0.1) is 5.56 Å². The zero-order valence-corrected chi connectivity index (χ0v) is 17.3. The van der Waals surface area contributed by atoms with Crippen LogP contribution < -0.4 is 11.5 Å². The van der Waals surface area contributed by atoms with Crippen molar-refractivity contribution in [2.45, 2.75) is 24.5 Å². The second-order valence-corrected chi connectivity index (χ2v) is 7.51. The minimum absolute atomic E-state index is 0.0764. The number of primary amides is 2. The van der Waals surface area contributed by atoms with Gasteiger partial charge >= 0.3 is 0 Å². The molecule has 0 saturated carbocycles. The van der Waals surface area contributed by atoms with E-state index in [9.17, 15) is 20.1 Å². The van der Waals surface area contributed by atoms with Gasteiger partial charge in [-0.3, -0.25) is 14.5 Å². The number of carbonyl (C=O) groups excluding carboxylic acids is 2. The Kier molecular flexibility index (Phi) is 6.84. The Balaban J connectivity index is 2.05. The van der Waals surface area contributed by atoms with E-state index in [2.05, 4.69) is 0 Å². The molecule has 1 fully saturated rings. The second kappa shape index (κ2) is 9.56. The number of amides is 2. The summed E-state index contributed by atoms with van der Waals surface area (Å²) < 4.78 is 20.8. The lowest BCUT2D eigenvalue weighted by molar-refractivity contribution is -0.129. The molecule has 1 aliphatic rings. The fraction of sp³-hybridized carbons (Fsp3) is 0.304. The van der Waals surface area contributed by atoms with Crippen LogP contribution in [0.4, 0.5) is 4.39 Å². The zero-order valence-electron chi connectivity index (χ0n) is 17.3. The van der Waals surface area contributed by atoms with Gasteiger partial charge in [0.25, 0.3) is 5.91 Å². The van der Waals surface area contributed by atoms with Gasteiger partial charge in [0, 0.05) is 31.7 Å². The Hall–Kier alpha value is -3.79. The maximum Gasteiger partial charge on any atom is 0.251 e. The van der Waals surface area contributed by atoms with E-state index in [1.807, 2.05) is 12.1 Å². The molecule has 1 aliphatic heterocycles. The van der Waals surface area contributed by atoms with Crippen LogP contribution in [0.2, 0.25) is 0 Å². The highest BCUT2D eigenvalue weighted by Crippen LogP contribution is 2.31. The predicted octanol–water partition coefficient (Wildman–Crippen LogP) is 1.50. The molecule has 8 nitrogen and oxygen atoms in total. The average Bonchev–Trinajstić information content (AvgIpc) is 3.05. The number of nitrogens with two attached hydrogens (primary N) is 2. The molecule has 1 saturated heterocycles. The fourth-order valence-corrected chi connectivity index (χ4v) is 3.85. The predicted molar refractivity (Wildman–Crippen MR) is 113 cm³/mol. The van der Waals surface area contributed by atoms with E-state index in [0.29, 0.717) is 12.0 Å². The molecule has 2 aromatic carbocycles. The molecule has 0 unspecified atom stereocenters. The van der Waals surface area contributed by atoms with Crippen molar-refractivity contribution in [1.82, 2.24) is 4.90 Å². The first-order valence-electron chi connectivity index (χ1n) is 9.98. The van der Waals surface area contributed by atoms with Crippen LogP contribution >= 0.6 is 0 Å². The lowest BCUT2D eigenvalue weighted by Gasteiger charge is -2.33. The normalized spacial score (nSPS) is 17.0. The molecule has 4 N–H and O–H groups in total. The number of halogens is 1. The maximum atomic E-state index is 15.4. The van der Waals surface area contributed by atoms with Crippen LogP contribution in [0, 0.1) is 28.5 Å². The topological polar surface area (TPSA) is 146 Å². The zero-order chi connectivity index (χ0) is 23.3. The largest absolute Gasteiger partial charge is 0.367 e. The highest BCUT2D eigenvalue weighted by molar-refractivity contribution is 5.96. The van der Waals surface area contributed by atoms with Gasteiger partial charge in [-0.2, -0.15) is 10.5 Å². The summed E-state index contributed by atoms with van der Waals surface area (Å²) in [6.45, 7) is 0.443. The van der Waals surface area contributed by atoms with Crippen LogP contribution in [0.3, 0.4) is 0 Å². The van der Waals surface area contributed by atoms with Gasteiger partial charge in [-0.05, 0) is 17.5 Å².